The first kappa shape index (κ1) is 21.0. The van der Waals surface area contributed by atoms with Gasteiger partial charge in [-0.3, -0.25) is 9.59 Å². The maximum atomic E-state index is 10.3. The van der Waals surface area contributed by atoms with E-state index in [4.69, 9.17) is 10.2 Å². The Balaban J connectivity index is 0. The first-order chi connectivity index (χ1) is 8.63. The monoisotopic (exact) mass is 365 g/mol. The van der Waals surface area contributed by atoms with Crippen LogP contribution in [0.1, 0.15) is 77.0 Å². The average molecular weight is 366 g/mol. The molecule has 0 aromatic rings. The van der Waals surface area contributed by atoms with E-state index in [-0.39, 0.29) is 22.4 Å². The molecule has 0 unspecified atom stereocenters. The fourth-order valence-corrected chi connectivity index (χ4v) is 1.97. The Morgan fingerprint density at radius 1 is 0.526 bits per heavy atom. The number of rotatable bonds is 13. The zero-order chi connectivity index (χ0) is 13.6. The van der Waals surface area contributed by atoms with Crippen LogP contribution in [0.5, 0.6) is 0 Å². The third kappa shape index (κ3) is 20.2. The molecule has 0 aliphatic carbocycles. The van der Waals surface area contributed by atoms with E-state index in [0.717, 1.165) is 38.5 Å². The van der Waals surface area contributed by atoms with Crippen LogP contribution in [0.4, 0.5) is 0 Å². The molecule has 4 nitrogen and oxygen atoms in total. The molecule has 1 radical (unpaired) electrons. The van der Waals surface area contributed by atoms with E-state index in [9.17, 15) is 9.59 Å². The number of hydrogen-bond donors (Lipinski definition) is 2. The molecule has 0 amide bonds. The summed E-state index contributed by atoms with van der Waals surface area (Å²) < 4.78 is 0. The van der Waals surface area contributed by atoms with Gasteiger partial charge in [-0.15, -0.1) is 0 Å². The van der Waals surface area contributed by atoms with Gasteiger partial charge in [-0.25, -0.2) is 0 Å². The SMILES string of the molecule is O=C(O)CCCCCCCCCCCCC(=O)O.[Ag]. The van der Waals surface area contributed by atoms with E-state index in [1.165, 1.54) is 25.7 Å². The number of carboxylic acid groups (broad SMARTS) is 2. The third-order valence-electron chi connectivity index (χ3n) is 3.03. The molecule has 0 saturated heterocycles. The molecular weight excluding hydrogens is 340 g/mol. The number of carboxylic acids is 2. The van der Waals surface area contributed by atoms with Gasteiger partial charge in [0.1, 0.15) is 0 Å². The van der Waals surface area contributed by atoms with Crippen molar-refractivity contribution >= 4 is 11.9 Å². The van der Waals surface area contributed by atoms with E-state index in [1.54, 1.807) is 0 Å². The van der Waals surface area contributed by atoms with Crippen molar-refractivity contribution in [2.24, 2.45) is 0 Å². The number of aliphatic carboxylic acids is 2. The Hall–Kier alpha value is -0.320. The van der Waals surface area contributed by atoms with Crippen LogP contribution in [-0.4, -0.2) is 22.2 Å². The Labute approximate surface area is 131 Å². The molecule has 5 heteroatoms. The molecule has 2 N–H and O–H groups in total. The molecule has 0 aliphatic rings. The standard InChI is InChI=1S/C14H26O4.Ag/c15-13(16)11-9-7-5-3-1-2-4-6-8-10-12-14(17)18;/h1-12H2,(H,15,16)(H,17,18);. The second-order valence-corrected chi connectivity index (χ2v) is 4.82. The molecule has 0 aromatic heterocycles. The topological polar surface area (TPSA) is 74.6 Å². The van der Waals surface area contributed by atoms with Crippen LogP contribution in [0, 0.1) is 0 Å². The van der Waals surface area contributed by atoms with E-state index in [1.807, 2.05) is 0 Å². The van der Waals surface area contributed by atoms with Gasteiger partial charge in [0, 0.05) is 35.2 Å². The van der Waals surface area contributed by atoms with Crippen LogP contribution < -0.4 is 0 Å². The minimum Gasteiger partial charge on any atom is -0.481 e. The molecule has 0 aliphatic heterocycles. The van der Waals surface area contributed by atoms with Crippen molar-refractivity contribution in [1.82, 2.24) is 0 Å². The summed E-state index contributed by atoms with van der Waals surface area (Å²) in [4.78, 5) is 20.5. The summed E-state index contributed by atoms with van der Waals surface area (Å²) in [6, 6.07) is 0. The quantitative estimate of drug-likeness (QED) is 0.384. The van der Waals surface area contributed by atoms with Crippen LogP contribution in [0.15, 0.2) is 0 Å². The normalized spacial score (nSPS) is 9.89. The van der Waals surface area contributed by atoms with Gasteiger partial charge in [-0.2, -0.15) is 0 Å². The van der Waals surface area contributed by atoms with E-state index < -0.39 is 11.9 Å². The van der Waals surface area contributed by atoms with Gasteiger partial charge < -0.3 is 10.2 Å². The minimum atomic E-state index is -0.698. The van der Waals surface area contributed by atoms with Crippen LogP contribution in [0.2, 0.25) is 0 Å². The number of carbonyl (C=O) groups is 2. The second kappa shape index (κ2) is 15.7. The minimum absolute atomic E-state index is 0. The summed E-state index contributed by atoms with van der Waals surface area (Å²) in [5.74, 6) is -1.40. The first-order valence-corrected chi connectivity index (χ1v) is 7.06. The van der Waals surface area contributed by atoms with Crippen LogP contribution >= 0.6 is 0 Å². The van der Waals surface area contributed by atoms with Crippen molar-refractivity contribution in [3.8, 4) is 0 Å². The van der Waals surface area contributed by atoms with Gasteiger partial charge in [0.05, 0.1) is 0 Å². The van der Waals surface area contributed by atoms with Gasteiger partial charge in [0.15, 0.2) is 0 Å². The van der Waals surface area contributed by atoms with Crippen molar-refractivity contribution in [2.45, 2.75) is 77.0 Å². The molecular formula is C14H26AgO4. The summed E-state index contributed by atoms with van der Waals surface area (Å²) in [5, 5.41) is 16.9. The van der Waals surface area contributed by atoms with Crippen molar-refractivity contribution in [3.63, 3.8) is 0 Å². The summed E-state index contributed by atoms with van der Waals surface area (Å²) >= 11 is 0. The van der Waals surface area contributed by atoms with Crippen LogP contribution in [0.3, 0.4) is 0 Å². The van der Waals surface area contributed by atoms with Gasteiger partial charge in [0.2, 0.25) is 0 Å². The fourth-order valence-electron chi connectivity index (χ4n) is 1.97. The molecule has 0 spiro atoms. The zero-order valence-corrected chi connectivity index (χ0v) is 13.0. The predicted molar refractivity (Wildman–Crippen MR) is 70.7 cm³/mol. The largest absolute Gasteiger partial charge is 0.481 e. The summed E-state index contributed by atoms with van der Waals surface area (Å²) in [7, 11) is 0. The molecule has 117 valence electrons. The molecule has 0 atom stereocenters. The average Bonchev–Trinajstić information content (AvgIpc) is 2.29. The summed E-state index contributed by atoms with van der Waals surface area (Å²) in [6.07, 6.45) is 11.3. The number of hydrogen-bond acceptors (Lipinski definition) is 2. The smallest absolute Gasteiger partial charge is 0.303 e. The Morgan fingerprint density at radius 2 is 0.737 bits per heavy atom. The maximum absolute atomic E-state index is 10.3. The summed E-state index contributed by atoms with van der Waals surface area (Å²) in [5.41, 5.74) is 0. The fraction of sp³-hybridized carbons (Fsp3) is 0.857. The van der Waals surface area contributed by atoms with E-state index in [2.05, 4.69) is 0 Å². The van der Waals surface area contributed by atoms with Gasteiger partial charge >= 0.3 is 11.9 Å². The van der Waals surface area contributed by atoms with Crippen molar-refractivity contribution in [2.75, 3.05) is 0 Å². The Morgan fingerprint density at radius 3 is 0.947 bits per heavy atom. The van der Waals surface area contributed by atoms with Gasteiger partial charge in [0.25, 0.3) is 0 Å². The molecule has 0 bridgehead atoms. The Bertz CT molecular complexity index is 207. The van der Waals surface area contributed by atoms with Crippen molar-refractivity contribution in [1.29, 1.82) is 0 Å². The van der Waals surface area contributed by atoms with Crippen molar-refractivity contribution in [3.05, 3.63) is 0 Å². The first-order valence-electron chi connectivity index (χ1n) is 7.06. The van der Waals surface area contributed by atoms with Crippen LogP contribution in [0.25, 0.3) is 0 Å². The zero-order valence-electron chi connectivity index (χ0n) is 11.5. The second-order valence-electron chi connectivity index (χ2n) is 4.82. The Kier molecular flexibility index (Phi) is 17.4. The number of unbranched alkanes of at least 4 members (excludes halogenated alkanes) is 9. The van der Waals surface area contributed by atoms with E-state index >= 15 is 0 Å². The molecule has 0 saturated carbocycles. The molecule has 0 rings (SSSR count). The predicted octanol–water partition coefficient (Wildman–Crippen LogP) is 3.83. The molecule has 19 heavy (non-hydrogen) atoms. The van der Waals surface area contributed by atoms with E-state index in [0.29, 0.717) is 12.8 Å². The van der Waals surface area contributed by atoms with Crippen LogP contribution in [-0.2, 0) is 32.0 Å². The summed E-state index contributed by atoms with van der Waals surface area (Å²) in [6.45, 7) is 0. The molecule has 0 aromatic carbocycles. The van der Waals surface area contributed by atoms with Gasteiger partial charge in [-0.05, 0) is 12.8 Å². The molecule has 0 fully saturated rings. The van der Waals surface area contributed by atoms with Crippen molar-refractivity contribution < 1.29 is 42.2 Å². The van der Waals surface area contributed by atoms with Gasteiger partial charge in [-0.1, -0.05) is 51.4 Å². The molecule has 0 heterocycles. The third-order valence-corrected chi connectivity index (χ3v) is 3.03. The maximum Gasteiger partial charge on any atom is 0.303 e.